The summed E-state index contributed by atoms with van der Waals surface area (Å²) in [5.74, 6) is 0.822. The number of nitrogens with two attached hydrogens (primary N) is 1. The molecule has 2 nitrogen and oxygen atoms in total. The average Bonchev–Trinajstić information content (AvgIpc) is 2.25. The topological polar surface area (TPSA) is 35.2 Å². The van der Waals surface area contributed by atoms with Crippen LogP contribution in [0.5, 0.6) is 5.75 Å². The van der Waals surface area contributed by atoms with Gasteiger partial charge in [-0.2, -0.15) is 0 Å². The second-order valence-electron chi connectivity index (χ2n) is 3.63. The van der Waals surface area contributed by atoms with Gasteiger partial charge in [0.1, 0.15) is 5.75 Å². The first kappa shape index (κ1) is 15.6. The fraction of sp³-hybridized carbons (Fsp3) is 0.500. The summed E-state index contributed by atoms with van der Waals surface area (Å²) in [7, 11) is 1.65. The minimum absolute atomic E-state index is 0. The molecule has 0 bridgehead atoms. The van der Waals surface area contributed by atoms with Gasteiger partial charge in [-0.15, -0.1) is 12.4 Å². The fourth-order valence-corrected chi connectivity index (χ4v) is 1.76. The van der Waals surface area contributed by atoms with E-state index in [1.807, 2.05) is 18.2 Å². The molecule has 16 heavy (non-hydrogen) atoms. The summed E-state index contributed by atoms with van der Waals surface area (Å²) in [6, 6.07) is 5.58. The van der Waals surface area contributed by atoms with Gasteiger partial charge in [-0.3, -0.25) is 0 Å². The zero-order valence-corrected chi connectivity index (χ0v) is 11.3. The monoisotopic (exact) mass is 263 g/mol. The van der Waals surface area contributed by atoms with Crippen molar-refractivity contribution in [1.82, 2.24) is 0 Å². The molecule has 0 spiro atoms. The van der Waals surface area contributed by atoms with Crippen molar-refractivity contribution in [3.05, 3.63) is 28.8 Å². The molecule has 1 aromatic rings. The number of methoxy groups -OCH3 is 1. The SMILES string of the molecule is CCCC[C@H](N)c1cc(Cl)ccc1OC.Cl. The summed E-state index contributed by atoms with van der Waals surface area (Å²) in [5, 5.41) is 0.706. The number of rotatable bonds is 5. The molecule has 0 heterocycles. The van der Waals surface area contributed by atoms with Gasteiger partial charge in [0.25, 0.3) is 0 Å². The Morgan fingerprint density at radius 2 is 2.12 bits per heavy atom. The maximum absolute atomic E-state index is 6.09. The van der Waals surface area contributed by atoms with Crippen molar-refractivity contribution in [2.45, 2.75) is 32.2 Å². The summed E-state index contributed by atoms with van der Waals surface area (Å²) in [4.78, 5) is 0. The molecule has 92 valence electrons. The van der Waals surface area contributed by atoms with Crippen LogP contribution in [0.15, 0.2) is 18.2 Å². The van der Waals surface area contributed by atoms with Crippen LogP contribution in [0.25, 0.3) is 0 Å². The second kappa shape index (κ2) is 7.77. The summed E-state index contributed by atoms with van der Waals surface area (Å²) in [6.07, 6.45) is 3.24. The average molecular weight is 264 g/mol. The molecule has 4 heteroatoms. The Bertz CT molecular complexity index is 318. The van der Waals surface area contributed by atoms with E-state index in [9.17, 15) is 0 Å². The number of hydrogen-bond acceptors (Lipinski definition) is 2. The van der Waals surface area contributed by atoms with Gasteiger partial charge in [0.2, 0.25) is 0 Å². The molecule has 1 rings (SSSR count). The Balaban J connectivity index is 0.00000225. The molecule has 0 unspecified atom stereocenters. The van der Waals surface area contributed by atoms with Gasteiger partial charge in [0, 0.05) is 16.6 Å². The van der Waals surface area contributed by atoms with Crippen molar-refractivity contribution >= 4 is 24.0 Å². The van der Waals surface area contributed by atoms with E-state index in [1.165, 1.54) is 0 Å². The molecular formula is C12H19Cl2NO. The van der Waals surface area contributed by atoms with E-state index in [4.69, 9.17) is 22.1 Å². The first-order valence-corrected chi connectivity index (χ1v) is 5.65. The standard InChI is InChI=1S/C12H18ClNO.ClH/c1-3-4-5-11(14)10-8-9(13)6-7-12(10)15-2;/h6-8,11H,3-5,14H2,1-2H3;1H/t11-;/m0./s1. The highest BCUT2D eigenvalue weighted by atomic mass is 35.5. The molecule has 0 aliphatic heterocycles. The summed E-state index contributed by atoms with van der Waals surface area (Å²) in [6.45, 7) is 2.15. The Morgan fingerprint density at radius 3 is 2.69 bits per heavy atom. The summed E-state index contributed by atoms with van der Waals surface area (Å²) >= 11 is 5.94. The molecule has 1 atom stereocenters. The van der Waals surface area contributed by atoms with E-state index in [1.54, 1.807) is 7.11 Å². The fourth-order valence-electron chi connectivity index (χ4n) is 1.57. The zero-order valence-electron chi connectivity index (χ0n) is 9.70. The van der Waals surface area contributed by atoms with Crippen molar-refractivity contribution in [2.24, 2.45) is 5.73 Å². The van der Waals surface area contributed by atoms with E-state index in [2.05, 4.69) is 6.92 Å². The van der Waals surface area contributed by atoms with Crippen molar-refractivity contribution in [3.63, 3.8) is 0 Å². The largest absolute Gasteiger partial charge is 0.496 e. The molecule has 0 saturated carbocycles. The van der Waals surface area contributed by atoms with Crippen molar-refractivity contribution in [3.8, 4) is 5.75 Å². The molecule has 2 N–H and O–H groups in total. The van der Waals surface area contributed by atoms with Crippen LogP contribution in [0.1, 0.15) is 37.8 Å². The second-order valence-corrected chi connectivity index (χ2v) is 4.07. The predicted molar refractivity (Wildman–Crippen MR) is 71.7 cm³/mol. The van der Waals surface area contributed by atoms with Gasteiger partial charge in [-0.1, -0.05) is 31.4 Å². The van der Waals surface area contributed by atoms with Crippen LogP contribution < -0.4 is 10.5 Å². The van der Waals surface area contributed by atoms with Crippen LogP contribution in [0.4, 0.5) is 0 Å². The van der Waals surface area contributed by atoms with Gasteiger partial charge < -0.3 is 10.5 Å². The highest BCUT2D eigenvalue weighted by molar-refractivity contribution is 6.30. The van der Waals surface area contributed by atoms with Gasteiger partial charge in [0.05, 0.1) is 7.11 Å². The van der Waals surface area contributed by atoms with Crippen molar-refractivity contribution in [2.75, 3.05) is 7.11 Å². The van der Waals surface area contributed by atoms with E-state index in [-0.39, 0.29) is 18.4 Å². The molecular weight excluding hydrogens is 245 g/mol. The maximum Gasteiger partial charge on any atom is 0.123 e. The van der Waals surface area contributed by atoms with E-state index < -0.39 is 0 Å². The summed E-state index contributed by atoms with van der Waals surface area (Å²) in [5.41, 5.74) is 7.09. The third-order valence-corrected chi connectivity index (χ3v) is 2.69. The molecule has 0 fully saturated rings. The molecule has 0 aromatic heterocycles. The molecule has 0 aliphatic carbocycles. The van der Waals surface area contributed by atoms with Crippen molar-refractivity contribution < 1.29 is 4.74 Å². The van der Waals surface area contributed by atoms with Crippen molar-refractivity contribution in [1.29, 1.82) is 0 Å². The third-order valence-electron chi connectivity index (χ3n) is 2.46. The lowest BCUT2D eigenvalue weighted by atomic mass is 10.0. The molecule has 0 amide bonds. The van der Waals surface area contributed by atoms with E-state index >= 15 is 0 Å². The minimum Gasteiger partial charge on any atom is -0.496 e. The predicted octanol–water partition coefficient (Wildman–Crippen LogP) is 3.96. The molecule has 0 aliphatic rings. The lowest BCUT2D eigenvalue weighted by molar-refractivity contribution is 0.403. The maximum atomic E-state index is 6.09. The highest BCUT2D eigenvalue weighted by Crippen LogP contribution is 2.29. The lowest BCUT2D eigenvalue weighted by Crippen LogP contribution is -2.11. The number of unbranched alkanes of at least 4 members (excludes halogenated alkanes) is 1. The minimum atomic E-state index is 0. The van der Waals surface area contributed by atoms with E-state index in [0.29, 0.717) is 5.02 Å². The number of hydrogen-bond donors (Lipinski definition) is 1. The van der Waals surface area contributed by atoms with Gasteiger partial charge in [-0.05, 0) is 24.6 Å². The Hall–Kier alpha value is -0.440. The van der Waals surface area contributed by atoms with Gasteiger partial charge in [0.15, 0.2) is 0 Å². The Morgan fingerprint density at radius 1 is 1.44 bits per heavy atom. The lowest BCUT2D eigenvalue weighted by Gasteiger charge is -2.15. The van der Waals surface area contributed by atoms with E-state index in [0.717, 1.165) is 30.6 Å². The number of benzene rings is 1. The highest BCUT2D eigenvalue weighted by Gasteiger charge is 2.11. The van der Waals surface area contributed by atoms with Gasteiger partial charge in [-0.25, -0.2) is 0 Å². The first-order chi connectivity index (χ1) is 7.19. The number of ether oxygens (including phenoxy) is 1. The van der Waals surface area contributed by atoms with Crippen LogP contribution in [0, 0.1) is 0 Å². The summed E-state index contributed by atoms with van der Waals surface area (Å²) < 4.78 is 5.26. The first-order valence-electron chi connectivity index (χ1n) is 5.28. The van der Waals surface area contributed by atoms with Crippen LogP contribution in [-0.2, 0) is 0 Å². The van der Waals surface area contributed by atoms with Crippen LogP contribution >= 0.6 is 24.0 Å². The van der Waals surface area contributed by atoms with Crippen LogP contribution in [-0.4, -0.2) is 7.11 Å². The van der Waals surface area contributed by atoms with Gasteiger partial charge >= 0.3 is 0 Å². The Kier molecular flexibility index (Phi) is 7.56. The molecule has 0 saturated heterocycles. The molecule has 1 aromatic carbocycles. The number of halogens is 2. The zero-order chi connectivity index (χ0) is 11.3. The van der Waals surface area contributed by atoms with Crippen LogP contribution in [0.3, 0.4) is 0 Å². The quantitative estimate of drug-likeness (QED) is 0.873. The third kappa shape index (κ3) is 4.20. The Labute approximate surface area is 109 Å². The normalized spacial score (nSPS) is 11.8. The smallest absolute Gasteiger partial charge is 0.123 e. The molecule has 0 radical (unpaired) electrons. The van der Waals surface area contributed by atoms with Crippen LogP contribution in [0.2, 0.25) is 5.02 Å².